The number of aryl methyl sites for hydroxylation is 2. The van der Waals surface area contributed by atoms with Gasteiger partial charge >= 0.3 is 0 Å². The minimum atomic E-state index is 0.629. The Morgan fingerprint density at radius 1 is 0.793 bits per heavy atom. The molecule has 0 saturated heterocycles. The van der Waals surface area contributed by atoms with Gasteiger partial charge in [0, 0.05) is 0 Å². The van der Waals surface area contributed by atoms with Crippen molar-refractivity contribution in [2.75, 3.05) is 6.61 Å². The lowest BCUT2D eigenvalue weighted by Crippen LogP contribution is -2.25. The molecule has 1 saturated carbocycles. The highest BCUT2D eigenvalue weighted by molar-refractivity contribution is 5.35. The van der Waals surface area contributed by atoms with Gasteiger partial charge in [0.1, 0.15) is 5.75 Å². The molecule has 1 aromatic rings. The van der Waals surface area contributed by atoms with E-state index in [4.69, 9.17) is 4.74 Å². The maximum atomic E-state index is 5.90. The summed E-state index contributed by atoms with van der Waals surface area (Å²) < 4.78 is 5.90. The average Bonchev–Trinajstić information content (AvgIpc) is 2.73. The summed E-state index contributed by atoms with van der Waals surface area (Å²) in [5.74, 6) is 1.05. The van der Waals surface area contributed by atoms with Crippen molar-refractivity contribution in [2.45, 2.75) is 130 Å². The van der Waals surface area contributed by atoms with Crippen molar-refractivity contribution >= 4 is 0 Å². The SMILES string of the molecule is CCCCCCCCCC1(CCc2ccc(OCCCC)cc2C)CCCCC1. The Bertz CT molecular complexity index is 541. The van der Waals surface area contributed by atoms with Crippen molar-refractivity contribution in [1.82, 2.24) is 0 Å². The number of benzene rings is 1. The Morgan fingerprint density at radius 2 is 1.48 bits per heavy atom. The van der Waals surface area contributed by atoms with Gasteiger partial charge in [0.15, 0.2) is 0 Å². The molecule has 1 nitrogen and oxygen atoms in total. The van der Waals surface area contributed by atoms with E-state index in [1.54, 1.807) is 0 Å². The zero-order valence-corrected chi connectivity index (χ0v) is 19.9. The van der Waals surface area contributed by atoms with Gasteiger partial charge in [0.2, 0.25) is 0 Å². The van der Waals surface area contributed by atoms with Crippen molar-refractivity contribution in [3.8, 4) is 5.75 Å². The molecule has 1 fully saturated rings. The van der Waals surface area contributed by atoms with E-state index in [0.29, 0.717) is 5.41 Å². The summed E-state index contributed by atoms with van der Waals surface area (Å²) in [4.78, 5) is 0. The summed E-state index contributed by atoms with van der Waals surface area (Å²) in [5, 5.41) is 0. The van der Waals surface area contributed by atoms with Crippen LogP contribution in [0.4, 0.5) is 0 Å². The normalized spacial score (nSPS) is 16.1. The Morgan fingerprint density at radius 3 is 2.17 bits per heavy atom. The lowest BCUT2D eigenvalue weighted by molar-refractivity contribution is 0.152. The van der Waals surface area contributed by atoms with Gasteiger partial charge in [0.25, 0.3) is 0 Å². The standard InChI is InChI=1S/C28H48O/c1-4-6-8-9-10-11-13-19-28(20-14-12-15-21-28)22-18-26-16-17-27(24-25(26)3)29-23-7-5-2/h16-17,24H,4-15,18-23H2,1-3H3. The Hall–Kier alpha value is -0.980. The molecule has 166 valence electrons. The van der Waals surface area contributed by atoms with Crippen LogP contribution in [-0.2, 0) is 6.42 Å². The van der Waals surface area contributed by atoms with Gasteiger partial charge in [0.05, 0.1) is 6.61 Å². The monoisotopic (exact) mass is 400 g/mol. The maximum absolute atomic E-state index is 5.90. The second kappa shape index (κ2) is 14.1. The van der Waals surface area contributed by atoms with Gasteiger partial charge in [-0.15, -0.1) is 0 Å². The number of unbranched alkanes of at least 4 members (excludes halogenated alkanes) is 7. The summed E-state index contributed by atoms with van der Waals surface area (Å²) in [6.45, 7) is 7.63. The van der Waals surface area contributed by atoms with Crippen LogP contribution in [0.25, 0.3) is 0 Å². The van der Waals surface area contributed by atoms with E-state index in [1.807, 2.05) is 0 Å². The molecule has 1 aliphatic carbocycles. The largest absolute Gasteiger partial charge is 0.494 e. The minimum Gasteiger partial charge on any atom is -0.494 e. The fraction of sp³-hybridized carbons (Fsp3) is 0.786. The van der Waals surface area contributed by atoms with E-state index in [2.05, 4.69) is 39.0 Å². The Balaban J connectivity index is 1.81. The molecule has 1 aliphatic rings. The predicted octanol–water partition coefficient (Wildman–Crippen LogP) is 9.20. The van der Waals surface area contributed by atoms with Gasteiger partial charge in [-0.05, 0) is 74.1 Å². The molecule has 0 spiro atoms. The first kappa shape index (κ1) is 24.3. The number of hydrogen-bond acceptors (Lipinski definition) is 1. The maximum Gasteiger partial charge on any atom is 0.119 e. The molecule has 0 unspecified atom stereocenters. The first-order chi connectivity index (χ1) is 14.2. The van der Waals surface area contributed by atoms with Crippen LogP contribution in [0, 0.1) is 12.3 Å². The van der Waals surface area contributed by atoms with E-state index < -0.39 is 0 Å². The van der Waals surface area contributed by atoms with Crippen LogP contribution in [0.15, 0.2) is 18.2 Å². The molecular formula is C28H48O. The number of rotatable bonds is 15. The highest BCUT2D eigenvalue weighted by Gasteiger charge is 2.31. The number of hydrogen-bond donors (Lipinski definition) is 0. The molecule has 0 heterocycles. The highest BCUT2D eigenvalue weighted by Crippen LogP contribution is 2.44. The van der Waals surface area contributed by atoms with Crippen LogP contribution in [0.3, 0.4) is 0 Å². The van der Waals surface area contributed by atoms with Crippen molar-refractivity contribution in [2.24, 2.45) is 5.41 Å². The van der Waals surface area contributed by atoms with Crippen molar-refractivity contribution in [1.29, 1.82) is 0 Å². The Kier molecular flexibility index (Phi) is 11.8. The molecule has 0 aromatic heterocycles. The third-order valence-electron chi connectivity index (χ3n) is 7.23. The quantitative estimate of drug-likeness (QED) is 0.267. The first-order valence-electron chi connectivity index (χ1n) is 12.9. The van der Waals surface area contributed by atoms with Gasteiger partial charge < -0.3 is 4.74 Å². The van der Waals surface area contributed by atoms with Gasteiger partial charge in [-0.3, -0.25) is 0 Å². The molecule has 0 aliphatic heterocycles. The smallest absolute Gasteiger partial charge is 0.119 e. The average molecular weight is 401 g/mol. The summed E-state index contributed by atoms with van der Waals surface area (Å²) in [7, 11) is 0. The topological polar surface area (TPSA) is 9.23 Å². The molecule has 29 heavy (non-hydrogen) atoms. The molecule has 0 atom stereocenters. The molecule has 1 aromatic carbocycles. The van der Waals surface area contributed by atoms with E-state index in [1.165, 1.54) is 114 Å². The van der Waals surface area contributed by atoms with Crippen molar-refractivity contribution in [3.63, 3.8) is 0 Å². The van der Waals surface area contributed by atoms with Crippen LogP contribution >= 0.6 is 0 Å². The summed E-state index contributed by atoms with van der Waals surface area (Å²) in [5.41, 5.74) is 3.59. The van der Waals surface area contributed by atoms with Gasteiger partial charge in [-0.2, -0.15) is 0 Å². The van der Waals surface area contributed by atoms with E-state index in [0.717, 1.165) is 18.8 Å². The Labute approximate surface area is 182 Å². The van der Waals surface area contributed by atoms with Crippen LogP contribution in [0.5, 0.6) is 5.75 Å². The van der Waals surface area contributed by atoms with Crippen LogP contribution in [0.2, 0.25) is 0 Å². The van der Waals surface area contributed by atoms with E-state index in [9.17, 15) is 0 Å². The fourth-order valence-electron chi connectivity index (χ4n) is 5.16. The molecule has 1 heteroatoms. The second-order valence-electron chi connectivity index (χ2n) is 9.72. The fourth-order valence-corrected chi connectivity index (χ4v) is 5.16. The summed E-state index contributed by atoms with van der Waals surface area (Å²) >= 11 is 0. The second-order valence-corrected chi connectivity index (χ2v) is 9.72. The minimum absolute atomic E-state index is 0.629. The third-order valence-corrected chi connectivity index (χ3v) is 7.23. The lowest BCUT2D eigenvalue weighted by atomic mass is 9.67. The molecular weight excluding hydrogens is 352 g/mol. The molecule has 0 bridgehead atoms. The lowest BCUT2D eigenvalue weighted by Gasteiger charge is -2.38. The highest BCUT2D eigenvalue weighted by atomic mass is 16.5. The van der Waals surface area contributed by atoms with Crippen LogP contribution in [0.1, 0.15) is 128 Å². The summed E-state index contributed by atoms with van der Waals surface area (Å²) in [6.07, 6.45) is 23.8. The first-order valence-corrected chi connectivity index (χ1v) is 12.9. The van der Waals surface area contributed by atoms with Gasteiger partial charge in [-0.25, -0.2) is 0 Å². The summed E-state index contributed by atoms with van der Waals surface area (Å²) in [6, 6.07) is 6.79. The number of ether oxygens (including phenoxy) is 1. The van der Waals surface area contributed by atoms with Crippen LogP contribution in [-0.4, -0.2) is 6.61 Å². The van der Waals surface area contributed by atoms with E-state index >= 15 is 0 Å². The molecule has 0 radical (unpaired) electrons. The molecule has 2 rings (SSSR count). The zero-order chi connectivity index (χ0) is 20.8. The molecule has 0 amide bonds. The van der Waals surface area contributed by atoms with Crippen molar-refractivity contribution in [3.05, 3.63) is 29.3 Å². The predicted molar refractivity (Wildman–Crippen MR) is 128 cm³/mol. The van der Waals surface area contributed by atoms with E-state index in [-0.39, 0.29) is 0 Å². The van der Waals surface area contributed by atoms with Gasteiger partial charge in [-0.1, -0.05) is 90.5 Å². The molecule has 0 N–H and O–H groups in total. The van der Waals surface area contributed by atoms with Crippen molar-refractivity contribution < 1.29 is 4.74 Å². The third kappa shape index (κ3) is 9.14. The zero-order valence-electron chi connectivity index (χ0n) is 19.9. The van der Waals surface area contributed by atoms with Crippen LogP contribution < -0.4 is 4.74 Å².